The van der Waals surface area contributed by atoms with Crippen LogP contribution < -0.4 is 14.8 Å². The second-order valence-electron chi connectivity index (χ2n) is 7.14. The first-order valence-corrected chi connectivity index (χ1v) is 10.6. The number of nitriles is 1. The van der Waals surface area contributed by atoms with Crippen molar-refractivity contribution >= 4 is 18.0 Å². The summed E-state index contributed by atoms with van der Waals surface area (Å²) in [5.74, 6) is -0.146. The topological polar surface area (TPSA) is 97.6 Å². The van der Waals surface area contributed by atoms with Gasteiger partial charge in [-0.3, -0.25) is 4.79 Å². The predicted molar refractivity (Wildman–Crippen MR) is 128 cm³/mol. The Kier molecular flexibility index (Phi) is 8.97. The van der Waals surface area contributed by atoms with Crippen molar-refractivity contribution in [2.45, 2.75) is 0 Å². The van der Waals surface area contributed by atoms with Crippen LogP contribution in [-0.4, -0.2) is 38.7 Å². The molecule has 0 atom stereocenters. The minimum atomic E-state index is -0.550. The summed E-state index contributed by atoms with van der Waals surface area (Å²) in [6.45, 7) is 0.419. The fraction of sp³-hybridized carbons (Fsp3) is 0.148. The molecule has 34 heavy (non-hydrogen) atoms. The van der Waals surface area contributed by atoms with Gasteiger partial charge in [0.2, 0.25) is 0 Å². The third-order valence-corrected chi connectivity index (χ3v) is 4.70. The molecule has 0 spiro atoms. The lowest BCUT2D eigenvalue weighted by Gasteiger charge is -2.08. The van der Waals surface area contributed by atoms with Crippen LogP contribution in [0.2, 0.25) is 0 Å². The highest BCUT2D eigenvalue weighted by atomic mass is 16.6. The van der Waals surface area contributed by atoms with E-state index < -0.39 is 11.9 Å². The summed E-state index contributed by atoms with van der Waals surface area (Å²) in [6, 6.07) is 25.7. The molecule has 0 aliphatic rings. The van der Waals surface area contributed by atoms with Crippen LogP contribution in [0.15, 0.2) is 84.4 Å². The molecule has 3 aromatic carbocycles. The van der Waals surface area contributed by atoms with E-state index in [4.69, 9.17) is 14.2 Å². The van der Waals surface area contributed by atoms with E-state index >= 15 is 0 Å². The fourth-order valence-corrected chi connectivity index (χ4v) is 2.99. The third kappa shape index (κ3) is 7.33. The van der Waals surface area contributed by atoms with Crippen molar-refractivity contribution in [3.63, 3.8) is 0 Å². The number of carbonyl (C=O) groups excluding carboxylic acids is 2. The maximum atomic E-state index is 12.1. The van der Waals surface area contributed by atoms with Crippen LogP contribution in [-0.2, 0) is 14.3 Å². The zero-order chi connectivity index (χ0) is 24.2. The Labute approximate surface area is 198 Å². The van der Waals surface area contributed by atoms with Crippen LogP contribution in [0.5, 0.6) is 11.5 Å². The lowest BCUT2D eigenvalue weighted by Crippen LogP contribution is -2.27. The van der Waals surface area contributed by atoms with Gasteiger partial charge in [-0.25, -0.2) is 4.79 Å². The molecule has 3 aromatic rings. The first kappa shape index (κ1) is 24.2. The number of hydrogen-bond donors (Lipinski definition) is 1. The second kappa shape index (κ2) is 12.6. The molecule has 1 N–H and O–H groups in total. The van der Waals surface area contributed by atoms with Gasteiger partial charge in [-0.1, -0.05) is 54.6 Å². The Balaban J connectivity index is 1.50. The predicted octanol–water partition coefficient (Wildman–Crippen LogP) is 4.01. The van der Waals surface area contributed by atoms with Gasteiger partial charge >= 0.3 is 5.97 Å². The summed E-state index contributed by atoms with van der Waals surface area (Å²) in [4.78, 5) is 24.1. The van der Waals surface area contributed by atoms with Gasteiger partial charge in [-0.05, 0) is 47.0 Å². The summed E-state index contributed by atoms with van der Waals surface area (Å²) in [7, 11) is 1.52. The Bertz CT molecular complexity index is 1160. The highest BCUT2D eigenvalue weighted by Crippen LogP contribution is 2.22. The molecule has 0 aromatic heterocycles. The highest BCUT2D eigenvalue weighted by molar-refractivity contribution is 6.01. The molecule has 0 unspecified atom stereocenters. The van der Waals surface area contributed by atoms with E-state index in [1.165, 1.54) is 13.2 Å². The molecule has 3 rings (SSSR count). The number of amides is 1. The van der Waals surface area contributed by atoms with Crippen molar-refractivity contribution in [2.75, 3.05) is 26.9 Å². The standard InChI is InChI=1S/C27H24N2O5/c1-32-16-15-29-27(31)23(18-28)17-20-7-11-25(12-8-20)34-26(30)19-33-24-13-9-22(10-14-24)21-5-3-2-4-6-21/h2-14,17H,15-16,19H2,1H3,(H,29,31)/b23-17+. The maximum absolute atomic E-state index is 12.1. The second-order valence-corrected chi connectivity index (χ2v) is 7.14. The van der Waals surface area contributed by atoms with Crippen LogP contribution in [0.1, 0.15) is 5.56 Å². The molecule has 0 saturated heterocycles. The number of carbonyl (C=O) groups is 2. The van der Waals surface area contributed by atoms with E-state index in [1.807, 2.05) is 48.5 Å². The molecule has 0 aliphatic carbocycles. The number of methoxy groups -OCH3 is 1. The molecule has 1 amide bonds. The molecular weight excluding hydrogens is 432 g/mol. The summed E-state index contributed by atoms with van der Waals surface area (Å²) < 4.78 is 15.7. The van der Waals surface area contributed by atoms with Crippen molar-refractivity contribution in [3.05, 3.63) is 90.0 Å². The van der Waals surface area contributed by atoms with Crippen LogP contribution in [0, 0.1) is 11.3 Å². The Hall–Kier alpha value is -4.41. The highest BCUT2D eigenvalue weighted by Gasteiger charge is 2.09. The van der Waals surface area contributed by atoms with E-state index in [-0.39, 0.29) is 12.2 Å². The molecule has 7 heteroatoms. The maximum Gasteiger partial charge on any atom is 0.349 e. The summed E-state index contributed by atoms with van der Waals surface area (Å²) in [5, 5.41) is 11.8. The SMILES string of the molecule is COCCNC(=O)/C(C#N)=C/c1ccc(OC(=O)COc2ccc(-c3ccccc3)cc2)cc1. The Morgan fingerprint density at radius 2 is 1.56 bits per heavy atom. The number of ether oxygens (including phenoxy) is 3. The monoisotopic (exact) mass is 456 g/mol. The van der Waals surface area contributed by atoms with Crippen molar-refractivity contribution in [2.24, 2.45) is 0 Å². The van der Waals surface area contributed by atoms with Gasteiger partial charge in [0.25, 0.3) is 5.91 Å². The van der Waals surface area contributed by atoms with E-state index in [9.17, 15) is 14.9 Å². The molecule has 0 fully saturated rings. The lowest BCUT2D eigenvalue weighted by molar-refractivity contribution is -0.136. The van der Waals surface area contributed by atoms with Crippen LogP contribution in [0.3, 0.4) is 0 Å². The average molecular weight is 456 g/mol. The third-order valence-electron chi connectivity index (χ3n) is 4.70. The first-order chi connectivity index (χ1) is 16.6. The van der Waals surface area contributed by atoms with Gasteiger partial charge in [0.15, 0.2) is 6.61 Å². The number of benzene rings is 3. The van der Waals surface area contributed by atoms with Crippen LogP contribution >= 0.6 is 0 Å². The van der Waals surface area contributed by atoms with E-state index in [2.05, 4.69) is 5.32 Å². The Morgan fingerprint density at radius 3 is 2.21 bits per heavy atom. The van der Waals surface area contributed by atoms with Crippen molar-refractivity contribution < 1.29 is 23.8 Å². The van der Waals surface area contributed by atoms with Gasteiger partial charge in [-0.15, -0.1) is 0 Å². The molecular formula is C27H24N2O5. The number of esters is 1. The fourth-order valence-electron chi connectivity index (χ4n) is 2.99. The van der Waals surface area contributed by atoms with E-state index in [0.717, 1.165) is 11.1 Å². The number of hydrogen-bond acceptors (Lipinski definition) is 6. The molecule has 7 nitrogen and oxygen atoms in total. The summed E-state index contributed by atoms with van der Waals surface area (Å²) in [5.41, 5.74) is 2.73. The van der Waals surface area contributed by atoms with Crippen LogP contribution in [0.4, 0.5) is 0 Å². The summed E-state index contributed by atoms with van der Waals surface area (Å²) >= 11 is 0. The zero-order valence-corrected chi connectivity index (χ0v) is 18.7. The number of nitrogens with one attached hydrogen (secondary N) is 1. The molecule has 0 saturated carbocycles. The zero-order valence-electron chi connectivity index (χ0n) is 18.7. The quantitative estimate of drug-likeness (QED) is 0.163. The molecule has 0 heterocycles. The normalized spacial score (nSPS) is 10.8. The van der Waals surface area contributed by atoms with Gasteiger partial charge < -0.3 is 19.5 Å². The average Bonchev–Trinajstić information content (AvgIpc) is 2.88. The first-order valence-electron chi connectivity index (χ1n) is 10.6. The lowest BCUT2D eigenvalue weighted by atomic mass is 10.1. The summed E-state index contributed by atoms with van der Waals surface area (Å²) in [6.07, 6.45) is 1.45. The number of rotatable bonds is 10. The van der Waals surface area contributed by atoms with Gasteiger partial charge in [-0.2, -0.15) is 5.26 Å². The smallest absolute Gasteiger partial charge is 0.349 e. The van der Waals surface area contributed by atoms with Gasteiger partial charge in [0.05, 0.1) is 6.61 Å². The van der Waals surface area contributed by atoms with Crippen LogP contribution in [0.25, 0.3) is 17.2 Å². The number of nitrogens with zero attached hydrogens (tertiary/aromatic N) is 1. The van der Waals surface area contributed by atoms with E-state index in [0.29, 0.717) is 30.2 Å². The van der Waals surface area contributed by atoms with Crippen molar-refractivity contribution in [1.29, 1.82) is 5.26 Å². The molecule has 172 valence electrons. The van der Waals surface area contributed by atoms with E-state index in [1.54, 1.807) is 36.4 Å². The Morgan fingerprint density at radius 1 is 0.912 bits per heavy atom. The molecule has 0 radical (unpaired) electrons. The minimum Gasteiger partial charge on any atom is -0.482 e. The van der Waals surface area contributed by atoms with Crippen molar-refractivity contribution in [3.8, 4) is 28.7 Å². The molecule has 0 bridgehead atoms. The molecule has 0 aliphatic heterocycles. The van der Waals surface area contributed by atoms with Gasteiger partial charge in [0, 0.05) is 13.7 Å². The largest absolute Gasteiger partial charge is 0.482 e. The van der Waals surface area contributed by atoms with Crippen molar-refractivity contribution in [1.82, 2.24) is 5.32 Å². The minimum absolute atomic E-state index is 0.0347. The van der Waals surface area contributed by atoms with Gasteiger partial charge in [0.1, 0.15) is 23.1 Å².